The molecular weight excluding hydrogens is 216 g/mol. The SMILES string of the molecule is CCN1CCOC(CNCCn2ccnc2)C1. The van der Waals surface area contributed by atoms with Crippen molar-refractivity contribution in [2.45, 2.75) is 19.6 Å². The van der Waals surface area contributed by atoms with Crippen LogP contribution in [0.25, 0.3) is 0 Å². The molecule has 1 saturated heterocycles. The molecule has 1 fully saturated rings. The summed E-state index contributed by atoms with van der Waals surface area (Å²) in [7, 11) is 0. The van der Waals surface area contributed by atoms with Gasteiger partial charge in [0.05, 0.1) is 19.0 Å². The standard InChI is InChI=1S/C12H22N4O/c1-2-15-7-8-17-12(10-15)9-13-3-5-16-6-4-14-11-16/h4,6,11-13H,2-3,5,7-10H2,1H3. The Morgan fingerprint density at radius 1 is 1.53 bits per heavy atom. The number of nitrogens with zero attached hydrogens (tertiary/aromatic N) is 3. The average molecular weight is 238 g/mol. The van der Waals surface area contributed by atoms with Crippen LogP contribution >= 0.6 is 0 Å². The molecule has 1 N–H and O–H groups in total. The number of aromatic nitrogens is 2. The third-order valence-electron chi connectivity index (χ3n) is 3.15. The van der Waals surface area contributed by atoms with Gasteiger partial charge in [0.2, 0.25) is 0 Å². The Kier molecular flexibility index (Phi) is 4.97. The van der Waals surface area contributed by atoms with E-state index in [1.54, 1.807) is 0 Å². The predicted molar refractivity (Wildman–Crippen MR) is 67.0 cm³/mol. The second-order valence-electron chi connectivity index (χ2n) is 4.39. The number of nitrogens with one attached hydrogen (secondary N) is 1. The van der Waals surface area contributed by atoms with Crippen LogP contribution in [0.15, 0.2) is 18.7 Å². The number of hydrogen-bond acceptors (Lipinski definition) is 4. The minimum Gasteiger partial charge on any atom is -0.374 e. The van der Waals surface area contributed by atoms with Crippen molar-refractivity contribution < 1.29 is 4.74 Å². The van der Waals surface area contributed by atoms with Gasteiger partial charge in [-0.25, -0.2) is 4.98 Å². The molecule has 0 radical (unpaired) electrons. The van der Waals surface area contributed by atoms with Crippen molar-refractivity contribution in [3.8, 4) is 0 Å². The molecule has 96 valence electrons. The normalized spacial score (nSPS) is 21.8. The first kappa shape index (κ1) is 12.5. The molecular formula is C12H22N4O. The fraction of sp³-hybridized carbons (Fsp3) is 0.750. The monoisotopic (exact) mass is 238 g/mol. The molecule has 5 nitrogen and oxygen atoms in total. The van der Waals surface area contributed by atoms with Crippen molar-refractivity contribution in [2.75, 3.05) is 39.3 Å². The largest absolute Gasteiger partial charge is 0.374 e. The van der Waals surface area contributed by atoms with Crippen molar-refractivity contribution in [3.63, 3.8) is 0 Å². The van der Waals surface area contributed by atoms with Crippen LogP contribution in [-0.4, -0.2) is 59.9 Å². The van der Waals surface area contributed by atoms with Gasteiger partial charge < -0.3 is 14.6 Å². The quantitative estimate of drug-likeness (QED) is 0.719. The summed E-state index contributed by atoms with van der Waals surface area (Å²) in [6.45, 7) is 9.17. The molecule has 1 aromatic heterocycles. The number of hydrogen-bond donors (Lipinski definition) is 1. The van der Waals surface area contributed by atoms with E-state index in [-0.39, 0.29) is 0 Å². The highest BCUT2D eigenvalue weighted by Gasteiger charge is 2.18. The van der Waals surface area contributed by atoms with E-state index in [1.807, 2.05) is 18.7 Å². The minimum absolute atomic E-state index is 0.339. The molecule has 1 unspecified atom stereocenters. The lowest BCUT2D eigenvalue weighted by Gasteiger charge is -2.32. The van der Waals surface area contributed by atoms with Gasteiger partial charge >= 0.3 is 0 Å². The second-order valence-corrected chi connectivity index (χ2v) is 4.39. The molecule has 1 aliphatic heterocycles. The maximum Gasteiger partial charge on any atom is 0.0946 e. The summed E-state index contributed by atoms with van der Waals surface area (Å²) in [5, 5.41) is 3.44. The van der Waals surface area contributed by atoms with Crippen LogP contribution in [-0.2, 0) is 11.3 Å². The lowest BCUT2D eigenvalue weighted by molar-refractivity contribution is -0.0252. The summed E-state index contributed by atoms with van der Waals surface area (Å²) in [6, 6.07) is 0. The van der Waals surface area contributed by atoms with Gasteiger partial charge in [-0.15, -0.1) is 0 Å². The molecule has 1 aromatic rings. The van der Waals surface area contributed by atoms with Crippen LogP contribution in [0.2, 0.25) is 0 Å². The van der Waals surface area contributed by atoms with Crippen LogP contribution in [0.4, 0.5) is 0 Å². The van der Waals surface area contributed by atoms with Crippen LogP contribution in [0.1, 0.15) is 6.92 Å². The molecule has 0 bridgehead atoms. The van der Waals surface area contributed by atoms with Crippen molar-refractivity contribution in [1.29, 1.82) is 0 Å². The average Bonchev–Trinajstić information content (AvgIpc) is 2.88. The fourth-order valence-electron chi connectivity index (χ4n) is 2.08. The van der Waals surface area contributed by atoms with E-state index >= 15 is 0 Å². The molecule has 0 aliphatic carbocycles. The molecule has 17 heavy (non-hydrogen) atoms. The summed E-state index contributed by atoms with van der Waals surface area (Å²) in [6.07, 6.45) is 5.98. The summed E-state index contributed by atoms with van der Waals surface area (Å²) < 4.78 is 7.80. The molecule has 1 aliphatic rings. The number of rotatable bonds is 6. The predicted octanol–water partition coefficient (Wildman–Crippen LogP) is 0.193. The van der Waals surface area contributed by atoms with Crippen LogP contribution < -0.4 is 5.32 Å². The highest BCUT2D eigenvalue weighted by molar-refractivity contribution is 4.75. The first-order chi connectivity index (χ1) is 8.38. The maximum absolute atomic E-state index is 5.72. The van der Waals surface area contributed by atoms with Gasteiger partial charge in [0.15, 0.2) is 0 Å². The number of ether oxygens (including phenoxy) is 1. The van der Waals surface area contributed by atoms with E-state index in [0.717, 1.165) is 45.9 Å². The molecule has 2 heterocycles. The Morgan fingerprint density at radius 2 is 2.47 bits per heavy atom. The van der Waals surface area contributed by atoms with Crippen molar-refractivity contribution in [1.82, 2.24) is 19.8 Å². The zero-order chi connectivity index (χ0) is 11.9. The van der Waals surface area contributed by atoms with Gasteiger partial charge in [-0.05, 0) is 6.54 Å². The van der Waals surface area contributed by atoms with Gasteiger partial charge in [0, 0.05) is 45.1 Å². The summed E-state index contributed by atoms with van der Waals surface area (Å²) in [4.78, 5) is 6.45. The summed E-state index contributed by atoms with van der Waals surface area (Å²) in [5.41, 5.74) is 0. The molecule has 0 amide bonds. The molecule has 0 aromatic carbocycles. The smallest absolute Gasteiger partial charge is 0.0946 e. The van der Waals surface area contributed by atoms with Crippen molar-refractivity contribution in [3.05, 3.63) is 18.7 Å². The zero-order valence-electron chi connectivity index (χ0n) is 10.5. The highest BCUT2D eigenvalue weighted by atomic mass is 16.5. The van der Waals surface area contributed by atoms with Gasteiger partial charge in [-0.3, -0.25) is 4.90 Å². The van der Waals surface area contributed by atoms with E-state index in [0.29, 0.717) is 6.10 Å². The molecule has 1 atom stereocenters. The van der Waals surface area contributed by atoms with E-state index in [2.05, 4.69) is 26.7 Å². The van der Waals surface area contributed by atoms with Gasteiger partial charge in [0.25, 0.3) is 0 Å². The first-order valence-corrected chi connectivity index (χ1v) is 6.39. The first-order valence-electron chi connectivity index (χ1n) is 6.39. The van der Waals surface area contributed by atoms with E-state index in [9.17, 15) is 0 Å². The number of morpholine rings is 1. The lowest BCUT2D eigenvalue weighted by Crippen LogP contribution is -2.46. The van der Waals surface area contributed by atoms with Crippen LogP contribution in [0, 0.1) is 0 Å². The Morgan fingerprint density at radius 3 is 3.24 bits per heavy atom. The van der Waals surface area contributed by atoms with Gasteiger partial charge in [0.1, 0.15) is 0 Å². The van der Waals surface area contributed by atoms with Crippen LogP contribution in [0.3, 0.4) is 0 Å². The third kappa shape index (κ3) is 4.11. The molecule has 0 saturated carbocycles. The molecule has 5 heteroatoms. The van der Waals surface area contributed by atoms with E-state index in [1.165, 1.54) is 0 Å². The Balaban J connectivity index is 1.58. The van der Waals surface area contributed by atoms with Crippen molar-refractivity contribution >= 4 is 0 Å². The Bertz CT molecular complexity index is 301. The highest BCUT2D eigenvalue weighted by Crippen LogP contribution is 2.03. The topological polar surface area (TPSA) is 42.3 Å². The zero-order valence-corrected chi connectivity index (χ0v) is 10.5. The van der Waals surface area contributed by atoms with E-state index < -0.39 is 0 Å². The molecule has 2 rings (SSSR count). The fourth-order valence-corrected chi connectivity index (χ4v) is 2.08. The third-order valence-corrected chi connectivity index (χ3v) is 3.15. The van der Waals surface area contributed by atoms with Crippen molar-refractivity contribution in [2.24, 2.45) is 0 Å². The Labute approximate surface area is 103 Å². The number of imidazole rings is 1. The number of likely N-dealkylation sites (N-methyl/N-ethyl adjacent to an activating group) is 1. The second kappa shape index (κ2) is 6.74. The van der Waals surface area contributed by atoms with E-state index in [4.69, 9.17) is 4.74 Å². The van der Waals surface area contributed by atoms with Gasteiger partial charge in [-0.1, -0.05) is 6.92 Å². The minimum atomic E-state index is 0.339. The van der Waals surface area contributed by atoms with Gasteiger partial charge in [-0.2, -0.15) is 0 Å². The Hall–Kier alpha value is -0.910. The summed E-state index contributed by atoms with van der Waals surface area (Å²) in [5.74, 6) is 0. The molecule has 0 spiro atoms. The van der Waals surface area contributed by atoms with Crippen LogP contribution in [0.5, 0.6) is 0 Å². The maximum atomic E-state index is 5.72. The summed E-state index contributed by atoms with van der Waals surface area (Å²) >= 11 is 0. The lowest BCUT2D eigenvalue weighted by atomic mass is 10.2.